The number of hydrogen-bond donors (Lipinski definition) is 0. The highest BCUT2D eigenvalue weighted by Crippen LogP contribution is 2.35. The topological polar surface area (TPSA) is 84.0 Å². The molecule has 0 amide bonds. The van der Waals surface area contributed by atoms with Gasteiger partial charge >= 0.3 is 5.97 Å². The SMILES string of the molecule is CCOc1ccc([C@H]2C(C(=O)OC)=CN=c3s/c(=C\c4cc(C)n(-c5cccc(C)c5)c4C)c(=O)n32)cc1OCC. The maximum atomic E-state index is 14.0. The average molecular weight is 572 g/mol. The van der Waals surface area contributed by atoms with Gasteiger partial charge in [-0.1, -0.05) is 29.5 Å². The molecule has 3 heterocycles. The van der Waals surface area contributed by atoms with Gasteiger partial charge in [-0.15, -0.1) is 0 Å². The second kappa shape index (κ2) is 11.6. The van der Waals surface area contributed by atoms with Crippen LogP contribution in [0.2, 0.25) is 0 Å². The molecule has 0 radical (unpaired) electrons. The predicted molar refractivity (Wildman–Crippen MR) is 160 cm³/mol. The number of benzene rings is 2. The first-order chi connectivity index (χ1) is 19.8. The average Bonchev–Trinajstić information content (AvgIpc) is 3.43. The molecule has 8 nitrogen and oxygen atoms in total. The van der Waals surface area contributed by atoms with Gasteiger partial charge in [-0.3, -0.25) is 9.36 Å². The predicted octanol–water partition coefficient (Wildman–Crippen LogP) is 4.53. The third-order valence-electron chi connectivity index (χ3n) is 7.02. The van der Waals surface area contributed by atoms with Crippen molar-refractivity contribution in [2.24, 2.45) is 4.99 Å². The Morgan fingerprint density at radius 2 is 1.78 bits per heavy atom. The highest BCUT2D eigenvalue weighted by Gasteiger charge is 2.31. The molecule has 5 rings (SSSR count). The van der Waals surface area contributed by atoms with E-state index in [1.54, 1.807) is 10.6 Å². The number of fused-ring (bicyclic) bond motifs is 1. The molecule has 41 heavy (non-hydrogen) atoms. The van der Waals surface area contributed by atoms with Crippen molar-refractivity contribution in [2.45, 2.75) is 40.7 Å². The van der Waals surface area contributed by atoms with Crippen LogP contribution < -0.4 is 24.4 Å². The molecule has 1 aliphatic rings. The van der Waals surface area contributed by atoms with Crippen molar-refractivity contribution in [1.29, 1.82) is 0 Å². The van der Waals surface area contributed by atoms with Gasteiger partial charge in [0.05, 0.1) is 36.5 Å². The number of nitrogens with zero attached hydrogens (tertiary/aromatic N) is 3. The van der Waals surface area contributed by atoms with Crippen LogP contribution in [0.4, 0.5) is 0 Å². The van der Waals surface area contributed by atoms with Crippen LogP contribution in [-0.2, 0) is 9.53 Å². The molecule has 0 aliphatic carbocycles. The van der Waals surface area contributed by atoms with Crippen LogP contribution >= 0.6 is 11.3 Å². The number of aromatic nitrogens is 2. The van der Waals surface area contributed by atoms with Gasteiger partial charge in [0.25, 0.3) is 5.56 Å². The van der Waals surface area contributed by atoms with Gasteiger partial charge in [0, 0.05) is 23.3 Å². The number of hydrogen-bond acceptors (Lipinski definition) is 7. The van der Waals surface area contributed by atoms with E-state index in [9.17, 15) is 9.59 Å². The molecule has 0 spiro atoms. The van der Waals surface area contributed by atoms with Gasteiger partial charge in [0.15, 0.2) is 16.3 Å². The van der Waals surface area contributed by atoms with Crippen LogP contribution in [0.3, 0.4) is 0 Å². The molecule has 9 heteroatoms. The Morgan fingerprint density at radius 3 is 2.49 bits per heavy atom. The fourth-order valence-electron chi connectivity index (χ4n) is 5.23. The fourth-order valence-corrected chi connectivity index (χ4v) is 6.19. The Balaban J connectivity index is 1.66. The summed E-state index contributed by atoms with van der Waals surface area (Å²) in [5.74, 6) is 0.582. The summed E-state index contributed by atoms with van der Waals surface area (Å²) in [7, 11) is 1.32. The summed E-state index contributed by atoms with van der Waals surface area (Å²) in [6.07, 6.45) is 3.40. The van der Waals surface area contributed by atoms with Crippen LogP contribution in [0.15, 0.2) is 70.1 Å². The lowest BCUT2D eigenvalue weighted by atomic mass is 9.97. The third-order valence-corrected chi connectivity index (χ3v) is 8.02. The van der Waals surface area contributed by atoms with Crippen molar-refractivity contribution in [3.63, 3.8) is 0 Å². The lowest BCUT2D eigenvalue weighted by Crippen LogP contribution is -2.39. The number of esters is 1. The van der Waals surface area contributed by atoms with Crippen LogP contribution in [-0.4, -0.2) is 35.4 Å². The Bertz CT molecular complexity index is 1840. The summed E-state index contributed by atoms with van der Waals surface area (Å²) in [6, 6.07) is 15.1. The zero-order valence-electron chi connectivity index (χ0n) is 24.1. The number of rotatable bonds is 8. The molecule has 0 fully saturated rings. The molecule has 0 bridgehead atoms. The second-order valence-corrected chi connectivity index (χ2v) is 10.8. The lowest BCUT2D eigenvalue weighted by molar-refractivity contribution is -0.136. The van der Waals surface area contributed by atoms with E-state index in [2.05, 4.69) is 47.7 Å². The molecule has 0 saturated heterocycles. The maximum absolute atomic E-state index is 14.0. The molecule has 2 aromatic heterocycles. The van der Waals surface area contributed by atoms with E-state index in [1.165, 1.54) is 30.2 Å². The van der Waals surface area contributed by atoms with Gasteiger partial charge in [-0.2, -0.15) is 0 Å². The number of carbonyl (C=O) groups is 1. The standard InChI is InChI=1S/C32H33N3O5S/c1-7-39-26-13-12-22(16-27(26)40-8-2)29-25(31(37)38-6)18-33-32-35(29)30(36)28(41-32)17-23-15-20(4)34(21(23)5)24-11-9-10-19(3)14-24/h9-18,29H,7-8H2,1-6H3/b28-17-/t29-/m0/s1. The molecule has 1 aliphatic heterocycles. The quantitative estimate of drug-likeness (QED) is 0.290. The molecule has 4 aromatic rings. The van der Waals surface area contributed by atoms with Crippen molar-refractivity contribution in [3.05, 3.63) is 108 Å². The van der Waals surface area contributed by atoms with Crippen LogP contribution in [0.5, 0.6) is 11.5 Å². The third kappa shape index (κ3) is 5.25. The Hall–Kier alpha value is -4.37. The van der Waals surface area contributed by atoms with E-state index in [-0.39, 0.29) is 11.1 Å². The normalized spacial score (nSPS) is 14.7. The smallest absolute Gasteiger partial charge is 0.337 e. The molecular formula is C32H33N3O5S. The van der Waals surface area contributed by atoms with E-state index in [0.717, 1.165) is 22.6 Å². The van der Waals surface area contributed by atoms with Crippen molar-refractivity contribution < 1.29 is 19.0 Å². The van der Waals surface area contributed by atoms with E-state index in [0.29, 0.717) is 39.6 Å². The zero-order chi connectivity index (χ0) is 29.3. The fraction of sp³-hybridized carbons (Fsp3) is 0.281. The summed E-state index contributed by atoms with van der Waals surface area (Å²) in [6.45, 7) is 10.9. The Kier molecular flexibility index (Phi) is 7.99. The molecule has 0 unspecified atom stereocenters. The first kappa shape index (κ1) is 28.2. The number of thiazole rings is 1. The molecule has 212 valence electrons. The van der Waals surface area contributed by atoms with E-state index in [1.807, 2.05) is 45.0 Å². The van der Waals surface area contributed by atoms with Gasteiger partial charge < -0.3 is 18.8 Å². The van der Waals surface area contributed by atoms with Gasteiger partial charge in [-0.25, -0.2) is 9.79 Å². The summed E-state index contributed by atoms with van der Waals surface area (Å²) in [5.41, 5.74) is 5.99. The molecule has 1 atom stereocenters. The number of aryl methyl sites for hydroxylation is 2. The van der Waals surface area contributed by atoms with Gasteiger partial charge in [-0.05, 0) is 87.7 Å². The molecule has 0 saturated carbocycles. The van der Waals surface area contributed by atoms with Crippen molar-refractivity contribution >= 4 is 23.4 Å². The second-order valence-electron chi connectivity index (χ2n) is 9.75. The molecular weight excluding hydrogens is 538 g/mol. The van der Waals surface area contributed by atoms with Gasteiger partial charge in [0.2, 0.25) is 0 Å². The first-order valence-electron chi connectivity index (χ1n) is 13.5. The summed E-state index contributed by atoms with van der Waals surface area (Å²) >= 11 is 1.29. The van der Waals surface area contributed by atoms with E-state index in [4.69, 9.17) is 14.2 Å². The minimum absolute atomic E-state index is 0.236. The first-order valence-corrected chi connectivity index (χ1v) is 14.3. The van der Waals surface area contributed by atoms with E-state index >= 15 is 0 Å². The Morgan fingerprint density at radius 1 is 1.02 bits per heavy atom. The molecule has 0 N–H and O–H groups in total. The minimum atomic E-state index is -0.740. The van der Waals surface area contributed by atoms with Gasteiger partial charge in [0.1, 0.15) is 0 Å². The number of carbonyl (C=O) groups excluding carboxylic acids is 1. The number of methoxy groups -OCH3 is 1. The Labute approximate surface area is 242 Å². The zero-order valence-corrected chi connectivity index (χ0v) is 24.9. The van der Waals surface area contributed by atoms with Crippen LogP contribution in [0.1, 0.15) is 48.0 Å². The largest absolute Gasteiger partial charge is 0.490 e. The number of ether oxygens (including phenoxy) is 3. The van der Waals surface area contributed by atoms with E-state index < -0.39 is 12.0 Å². The summed E-state index contributed by atoms with van der Waals surface area (Å²) in [5, 5.41) is 0. The maximum Gasteiger partial charge on any atom is 0.337 e. The lowest BCUT2D eigenvalue weighted by Gasteiger charge is -2.23. The van der Waals surface area contributed by atoms with Crippen molar-refractivity contribution in [1.82, 2.24) is 9.13 Å². The van der Waals surface area contributed by atoms with Crippen molar-refractivity contribution in [2.75, 3.05) is 20.3 Å². The van der Waals surface area contributed by atoms with Crippen molar-refractivity contribution in [3.8, 4) is 17.2 Å². The molecule has 2 aromatic carbocycles. The highest BCUT2D eigenvalue weighted by molar-refractivity contribution is 7.07. The summed E-state index contributed by atoms with van der Waals surface area (Å²) < 4.78 is 20.9. The van der Waals surface area contributed by atoms with Crippen LogP contribution in [0, 0.1) is 20.8 Å². The highest BCUT2D eigenvalue weighted by atomic mass is 32.1. The summed E-state index contributed by atoms with van der Waals surface area (Å²) in [4.78, 5) is 31.8. The van der Waals surface area contributed by atoms with Crippen LogP contribution in [0.25, 0.3) is 11.8 Å². The minimum Gasteiger partial charge on any atom is -0.490 e. The monoisotopic (exact) mass is 571 g/mol.